The molecule has 2 heterocycles. The summed E-state index contributed by atoms with van der Waals surface area (Å²) in [7, 11) is 0. The Labute approximate surface area is 143 Å². The molecular formula is C19H24ClNO2. The molecule has 0 radical (unpaired) electrons. The zero-order chi connectivity index (χ0) is 16.8. The number of fused-ring (bicyclic) bond motifs is 2. The maximum Gasteiger partial charge on any atom is 0.411 e. The lowest BCUT2D eigenvalue weighted by Gasteiger charge is -2.35. The van der Waals surface area contributed by atoms with Crippen molar-refractivity contribution in [2.45, 2.75) is 64.6 Å². The number of nitrogens with zero attached hydrogens (tertiary/aromatic N) is 1. The van der Waals surface area contributed by atoms with Crippen LogP contribution >= 0.6 is 11.6 Å². The van der Waals surface area contributed by atoms with Gasteiger partial charge in [-0.2, -0.15) is 0 Å². The summed E-state index contributed by atoms with van der Waals surface area (Å²) in [4.78, 5) is 14.4. The van der Waals surface area contributed by atoms with Crippen LogP contribution in [-0.4, -0.2) is 28.7 Å². The van der Waals surface area contributed by atoms with Gasteiger partial charge >= 0.3 is 6.09 Å². The molecular weight excluding hydrogens is 310 g/mol. The van der Waals surface area contributed by atoms with Gasteiger partial charge in [-0.1, -0.05) is 23.7 Å². The van der Waals surface area contributed by atoms with Crippen LogP contribution in [0.5, 0.6) is 0 Å². The summed E-state index contributed by atoms with van der Waals surface area (Å²) < 4.78 is 5.58. The smallest absolute Gasteiger partial charge is 0.411 e. The Balaban J connectivity index is 1.84. The third kappa shape index (κ3) is 3.40. The van der Waals surface area contributed by atoms with Crippen molar-refractivity contribution in [2.75, 3.05) is 0 Å². The lowest BCUT2D eigenvalue weighted by atomic mass is 9.92. The minimum Gasteiger partial charge on any atom is -0.444 e. The normalized spacial score (nSPS) is 23.7. The molecule has 3 nitrogen and oxygen atoms in total. The fourth-order valence-electron chi connectivity index (χ4n) is 3.62. The van der Waals surface area contributed by atoms with E-state index in [9.17, 15) is 4.79 Å². The summed E-state index contributed by atoms with van der Waals surface area (Å²) in [6.45, 7) is 7.82. The quantitative estimate of drug-likeness (QED) is 0.706. The van der Waals surface area contributed by atoms with Gasteiger partial charge in [-0.25, -0.2) is 4.79 Å². The third-order valence-electron chi connectivity index (χ3n) is 4.53. The monoisotopic (exact) mass is 333 g/mol. The van der Waals surface area contributed by atoms with E-state index in [4.69, 9.17) is 16.3 Å². The predicted octanol–water partition coefficient (Wildman–Crippen LogP) is 5.20. The molecule has 0 N–H and O–H groups in total. The predicted molar refractivity (Wildman–Crippen MR) is 93.7 cm³/mol. The Kier molecular flexibility index (Phi) is 4.18. The van der Waals surface area contributed by atoms with Crippen LogP contribution in [0.2, 0.25) is 5.02 Å². The number of amides is 1. The highest BCUT2D eigenvalue weighted by atomic mass is 35.5. The number of rotatable bonds is 1. The first kappa shape index (κ1) is 16.4. The van der Waals surface area contributed by atoms with Crippen molar-refractivity contribution in [3.8, 4) is 0 Å². The van der Waals surface area contributed by atoms with Crippen LogP contribution in [0.4, 0.5) is 4.79 Å². The molecule has 0 saturated carbocycles. The first-order chi connectivity index (χ1) is 10.7. The second-order valence-corrected chi connectivity index (χ2v) is 7.98. The van der Waals surface area contributed by atoms with Crippen molar-refractivity contribution in [3.63, 3.8) is 0 Å². The summed E-state index contributed by atoms with van der Waals surface area (Å²) >= 11 is 6.06. The molecule has 1 aromatic carbocycles. The molecule has 2 bridgehead atoms. The number of benzene rings is 1. The molecule has 4 heteroatoms. The van der Waals surface area contributed by atoms with Crippen molar-refractivity contribution in [1.82, 2.24) is 4.90 Å². The molecule has 23 heavy (non-hydrogen) atoms. The molecule has 1 saturated heterocycles. The molecule has 2 unspecified atom stereocenters. The lowest BCUT2D eigenvalue weighted by Crippen LogP contribution is -2.45. The van der Waals surface area contributed by atoms with Crippen molar-refractivity contribution in [2.24, 2.45) is 0 Å². The highest BCUT2D eigenvalue weighted by Crippen LogP contribution is 2.40. The van der Waals surface area contributed by atoms with Gasteiger partial charge in [-0.3, -0.25) is 4.90 Å². The van der Waals surface area contributed by atoms with Gasteiger partial charge in [0.2, 0.25) is 0 Å². The van der Waals surface area contributed by atoms with Crippen molar-refractivity contribution in [3.05, 3.63) is 40.4 Å². The molecule has 2 aliphatic heterocycles. The van der Waals surface area contributed by atoms with Crippen LogP contribution in [0.25, 0.3) is 5.57 Å². The molecule has 0 aliphatic carbocycles. The first-order valence-electron chi connectivity index (χ1n) is 8.23. The highest BCUT2D eigenvalue weighted by molar-refractivity contribution is 6.30. The van der Waals surface area contributed by atoms with Gasteiger partial charge < -0.3 is 4.74 Å². The number of halogens is 1. The number of aryl methyl sites for hydroxylation is 1. The first-order valence-corrected chi connectivity index (χ1v) is 8.61. The summed E-state index contributed by atoms with van der Waals surface area (Å²) in [5, 5.41) is 0.765. The van der Waals surface area contributed by atoms with Gasteiger partial charge in [0.15, 0.2) is 0 Å². The Hall–Kier alpha value is -1.48. The second kappa shape index (κ2) is 5.86. The largest absolute Gasteiger partial charge is 0.444 e. The van der Waals surface area contributed by atoms with E-state index in [1.165, 1.54) is 16.7 Å². The fraction of sp³-hybridized carbons (Fsp3) is 0.526. The van der Waals surface area contributed by atoms with Gasteiger partial charge in [0.05, 0.1) is 6.04 Å². The number of ether oxygens (including phenoxy) is 1. The Morgan fingerprint density at radius 1 is 1.30 bits per heavy atom. The number of carbonyl (C=O) groups is 1. The van der Waals surface area contributed by atoms with E-state index in [-0.39, 0.29) is 18.2 Å². The third-order valence-corrected chi connectivity index (χ3v) is 4.77. The van der Waals surface area contributed by atoms with E-state index in [1.54, 1.807) is 0 Å². The Morgan fingerprint density at radius 2 is 2.04 bits per heavy atom. The molecule has 3 rings (SSSR count). The van der Waals surface area contributed by atoms with Crippen LogP contribution < -0.4 is 0 Å². The van der Waals surface area contributed by atoms with Crippen LogP contribution in [0.3, 0.4) is 0 Å². The zero-order valence-corrected chi connectivity index (χ0v) is 15.0. The molecule has 1 fully saturated rings. The van der Waals surface area contributed by atoms with Crippen molar-refractivity contribution in [1.29, 1.82) is 0 Å². The van der Waals surface area contributed by atoms with Gasteiger partial charge in [0.1, 0.15) is 5.60 Å². The lowest BCUT2D eigenvalue weighted by molar-refractivity contribution is 0.0175. The minimum atomic E-state index is -0.451. The Morgan fingerprint density at radius 3 is 2.65 bits per heavy atom. The van der Waals surface area contributed by atoms with E-state index in [0.717, 1.165) is 24.3 Å². The van der Waals surface area contributed by atoms with Crippen molar-refractivity contribution >= 4 is 23.3 Å². The van der Waals surface area contributed by atoms with Gasteiger partial charge in [-0.15, -0.1) is 0 Å². The molecule has 1 amide bonds. The van der Waals surface area contributed by atoms with Crippen LogP contribution in [0, 0.1) is 6.92 Å². The number of hydrogen-bond donors (Lipinski definition) is 0. The van der Waals surface area contributed by atoms with E-state index in [0.29, 0.717) is 0 Å². The highest BCUT2D eigenvalue weighted by Gasteiger charge is 2.41. The number of carbonyl (C=O) groups excluding carboxylic acids is 1. The fourth-order valence-corrected chi connectivity index (χ4v) is 3.84. The molecule has 0 spiro atoms. The summed E-state index contributed by atoms with van der Waals surface area (Å²) in [5.41, 5.74) is 3.31. The van der Waals surface area contributed by atoms with E-state index in [1.807, 2.05) is 37.8 Å². The summed E-state index contributed by atoms with van der Waals surface area (Å²) in [6.07, 6.45) is 4.99. The topological polar surface area (TPSA) is 29.5 Å². The van der Waals surface area contributed by atoms with E-state index >= 15 is 0 Å². The van der Waals surface area contributed by atoms with E-state index < -0.39 is 5.60 Å². The molecule has 2 atom stereocenters. The van der Waals surface area contributed by atoms with Crippen LogP contribution in [-0.2, 0) is 4.74 Å². The summed E-state index contributed by atoms with van der Waals surface area (Å²) in [6, 6.07) is 6.41. The van der Waals surface area contributed by atoms with E-state index in [2.05, 4.69) is 19.1 Å². The summed E-state index contributed by atoms with van der Waals surface area (Å²) in [5.74, 6) is 0. The van der Waals surface area contributed by atoms with Gasteiger partial charge in [0, 0.05) is 11.1 Å². The average Bonchev–Trinajstić information content (AvgIpc) is 2.68. The van der Waals surface area contributed by atoms with Crippen LogP contribution in [0.15, 0.2) is 24.3 Å². The molecule has 1 aromatic rings. The zero-order valence-electron chi connectivity index (χ0n) is 14.2. The second-order valence-electron chi connectivity index (χ2n) is 7.54. The minimum absolute atomic E-state index is 0.147. The molecule has 2 aliphatic rings. The SMILES string of the molecule is Cc1cc(Cl)ccc1C1=CC2CCC(C1)N2C(=O)OC(C)(C)C. The standard InChI is InChI=1S/C19H24ClNO2/c1-12-9-14(20)5-8-17(12)13-10-15-6-7-16(11-13)21(15)18(22)23-19(2,3)4/h5,8-10,15-16H,6-7,11H2,1-4H3. The maximum atomic E-state index is 12.5. The average molecular weight is 334 g/mol. The van der Waals surface area contributed by atoms with Gasteiger partial charge in [-0.05, 0) is 75.8 Å². The Bertz CT molecular complexity index is 660. The van der Waals surface area contributed by atoms with Crippen LogP contribution in [0.1, 0.15) is 51.2 Å². The molecule has 0 aromatic heterocycles. The number of hydrogen-bond acceptors (Lipinski definition) is 2. The maximum absolute atomic E-state index is 12.5. The van der Waals surface area contributed by atoms with Gasteiger partial charge in [0.25, 0.3) is 0 Å². The molecule has 124 valence electrons. The van der Waals surface area contributed by atoms with Crippen molar-refractivity contribution < 1.29 is 9.53 Å².